The minimum absolute atomic E-state index is 0.185. The van der Waals surface area contributed by atoms with Gasteiger partial charge in [-0.3, -0.25) is 0 Å². The number of rotatable bonds is 7. The minimum atomic E-state index is -1.01. The van der Waals surface area contributed by atoms with Gasteiger partial charge in [0.1, 0.15) is 0 Å². The predicted octanol–water partition coefficient (Wildman–Crippen LogP) is 2.58. The molecule has 6 nitrogen and oxygen atoms in total. The summed E-state index contributed by atoms with van der Waals surface area (Å²) in [5.41, 5.74) is 1.31. The summed E-state index contributed by atoms with van der Waals surface area (Å²) in [6.07, 6.45) is 0. The van der Waals surface area contributed by atoms with Crippen molar-refractivity contribution in [1.82, 2.24) is 4.90 Å². The maximum atomic E-state index is 12.1. The molecule has 0 bridgehead atoms. The molecular weight excluding hydrogens is 272 g/mol. The van der Waals surface area contributed by atoms with E-state index in [1.165, 1.54) is 6.07 Å². The number of nitrogens with zero attached hydrogens (tertiary/aromatic N) is 1. The minimum Gasteiger partial charge on any atom is -0.478 e. The van der Waals surface area contributed by atoms with E-state index in [0.717, 1.165) is 0 Å². The Kier molecular flexibility index (Phi) is 6.68. The molecule has 2 N–H and O–H groups in total. The Labute approximate surface area is 124 Å². The average Bonchev–Trinajstić information content (AvgIpc) is 2.45. The van der Waals surface area contributed by atoms with Crippen molar-refractivity contribution in [3.05, 3.63) is 29.3 Å². The molecule has 0 aliphatic heterocycles. The lowest BCUT2D eigenvalue weighted by Crippen LogP contribution is -2.37. The zero-order valence-electron chi connectivity index (χ0n) is 12.7. The first-order valence-corrected chi connectivity index (χ1v) is 6.97. The van der Waals surface area contributed by atoms with Crippen LogP contribution in [-0.2, 0) is 4.74 Å². The lowest BCUT2D eigenvalue weighted by molar-refractivity contribution is 0.0696. The molecule has 0 fully saturated rings. The van der Waals surface area contributed by atoms with Crippen LogP contribution in [0.4, 0.5) is 10.5 Å². The zero-order valence-corrected chi connectivity index (χ0v) is 12.7. The molecule has 2 amide bonds. The van der Waals surface area contributed by atoms with E-state index in [2.05, 4.69) is 5.32 Å². The monoisotopic (exact) mass is 294 g/mol. The highest BCUT2D eigenvalue weighted by Gasteiger charge is 2.13. The zero-order chi connectivity index (χ0) is 15.8. The molecule has 1 rings (SSSR count). The highest BCUT2D eigenvalue weighted by atomic mass is 16.5. The Morgan fingerprint density at radius 2 is 2.05 bits per heavy atom. The third kappa shape index (κ3) is 5.07. The number of likely N-dealkylation sites (N-methyl/N-ethyl adjacent to an activating group) is 1. The van der Waals surface area contributed by atoms with Gasteiger partial charge in [-0.25, -0.2) is 9.59 Å². The number of carboxylic acids is 1. The Balaban J connectivity index is 2.72. The molecule has 21 heavy (non-hydrogen) atoms. The lowest BCUT2D eigenvalue weighted by atomic mass is 10.1. The molecule has 0 heterocycles. The second-order valence-electron chi connectivity index (χ2n) is 4.54. The van der Waals surface area contributed by atoms with Gasteiger partial charge in [-0.05, 0) is 38.5 Å². The molecule has 0 saturated heterocycles. The van der Waals surface area contributed by atoms with Crippen LogP contribution in [0.5, 0.6) is 0 Å². The Hall–Kier alpha value is -2.08. The summed E-state index contributed by atoms with van der Waals surface area (Å²) in [5.74, 6) is -1.01. The topological polar surface area (TPSA) is 78.9 Å². The number of amides is 2. The van der Waals surface area contributed by atoms with E-state index < -0.39 is 5.97 Å². The van der Waals surface area contributed by atoms with Crippen molar-refractivity contribution in [1.29, 1.82) is 0 Å². The average molecular weight is 294 g/mol. The largest absolute Gasteiger partial charge is 0.478 e. The van der Waals surface area contributed by atoms with Crippen molar-refractivity contribution in [3.63, 3.8) is 0 Å². The molecule has 0 aliphatic rings. The SMILES string of the molecule is CCOCCN(CC)C(=O)Nc1ccc(C)c(C(=O)O)c1. The number of carbonyl (C=O) groups excluding carboxylic acids is 1. The molecule has 1 aromatic carbocycles. The van der Waals surface area contributed by atoms with Gasteiger partial charge in [0.05, 0.1) is 12.2 Å². The van der Waals surface area contributed by atoms with Crippen LogP contribution < -0.4 is 5.32 Å². The van der Waals surface area contributed by atoms with Crippen molar-refractivity contribution in [2.45, 2.75) is 20.8 Å². The van der Waals surface area contributed by atoms with Crippen molar-refractivity contribution < 1.29 is 19.4 Å². The van der Waals surface area contributed by atoms with Gasteiger partial charge in [-0.2, -0.15) is 0 Å². The van der Waals surface area contributed by atoms with Crippen LogP contribution in [0.25, 0.3) is 0 Å². The molecule has 116 valence electrons. The summed E-state index contributed by atoms with van der Waals surface area (Å²) in [5, 5.41) is 11.8. The summed E-state index contributed by atoms with van der Waals surface area (Å²) < 4.78 is 5.23. The first-order valence-electron chi connectivity index (χ1n) is 6.97. The fourth-order valence-corrected chi connectivity index (χ4v) is 1.86. The van der Waals surface area contributed by atoms with Crippen molar-refractivity contribution in [3.8, 4) is 0 Å². The number of aromatic carboxylic acids is 1. The van der Waals surface area contributed by atoms with Crippen molar-refractivity contribution in [2.75, 3.05) is 31.6 Å². The highest BCUT2D eigenvalue weighted by Crippen LogP contribution is 2.16. The third-order valence-electron chi connectivity index (χ3n) is 3.10. The number of hydrogen-bond acceptors (Lipinski definition) is 3. The fraction of sp³-hybridized carbons (Fsp3) is 0.467. The third-order valence-corrected chi connectivity index (χ3v) is 3.10. The fourth-order valence-electron chi connectivity index (χ4n) is 1.86. The van der Waals surface area contributed by atoms with Gasteiger partial charge in [0, 0.05) is 25.4 Å². The second kappa shape index (κ2) is 8.26. The molecule has 0 unspecified atom stereocenters. The summed E-state index contributed by atoms with van der Waals surface area (Å²) in [4.78, 5) is 24.8. The Morgan fingerprint density at radius 1 is 1.33 bits per heavy atom. The Morgan fingerprint density at radius 3 is 2.62 bits per heavy atom. The molecule has 0 radical (unpaired) electrons. The van der Waals surface area contributed by atoms with E-state index in [9.17, 15) is 9.59 Å². The smallest absolute Gasteiger partial charge is 0.336 e. The second-order valence-corrected chi connectivity index (χ2v) is 4.54. The number of anilines is 1. The van der Waals surface area contributed by atoms with Crippen LogP contribution in [0.15, 0.2) is 18.2 Å². The van der Waals surface area contributed by atoms with Gasteiger partial charge in [0.15, 0.2) is 0 Å². The molecule has 0 atom stereocenters. The normalized spacial score (nSPS) is 10.2. The standard InChI is InChI=1S/C15H22N2O4/c1-4-17(8-9-21-5-2)15(20)16-12-7-6-11(3)13(10-12)14(18)19/h6-7,10H,4-5,8-9H2,1-3H3,(H,16,20)(H,18,19). The van der Waals surface area contributed by atoms with Crippen LogP contribution in [-0.4, -0.2) is 48.3 Å². The molecule has 1 aromatic rings. The van der Waals surface area contributed by atoms with Gasteiger partial charge >= 0.3 is 12.0 Å². The van der Waals surface area contributed by atoms with E-state index in [0.29, 0.717) is 37.6 Å². The highest BCUT2D eigenvalue weighted by molar-refractivity contribution is 5.94. The molecule has 0 aliphatic carbocycles. The lowest BCUT2D eigenvalue weighted by Gasteiger charge is -2.21. The van der Waals surface area contributed by atoms with Gasteiger partial charge < -0.3 is 20.1 Å². The molecule has 0 aromatic heterocycles. The quantitative estimate of drug-likeness (QED) is 0.758. The van der Waals surface area contributed by atoms with Gasteiger partial charge in [0.25, 0.3) is 0 Å². The number of aryl methyl sites for hydroxylation is 1. The number of carbonyl (C=O) groups is 2. The van der Waals surface area contributed by atoms with E-state index in [4.69, 9.17) is 9.84 Å². The van der Waals surface area contributed by atoms with Crippen LogP contribution in [0.2, 0.25) is 0 Å². The predicted molar refractivity (Wildman–Crippen MR) is 80.9 cm³/mol. The summed E-state index contributed by atoms with van der Waals surface area (Å²) >= 11 is 0. The summed E-state index contributed by atoms with van der Waals surface area (Å²) in [6.45, 7) is 7.63. The van der Waals surface area contributed by atoms with Gasteiger partial charge in [0.2, 0.25) is 0 Å². The number of hydrogen-bond donors (Lipinski definition) is 2. The van der Waals surface area contributed by atoms with Crippen LogP contribution in [0.3, 0.4) is 0 Å². The van der Waals surface area contributed by atoms with Gasteiger partial charge in [-0.1, -0.05) is 6.07 Å². The number of nitrogens with one attached hydrogen (secondary N) is 1. The first kappa shape index (κ1) is 17.0. The summed E-state index contributed by atoms with van der Waals surface area (Å²) in [6, 6.07) is 4.56. The molecular formula is C15H22N2O4. The van der Waals surface area contributed by atoms with E-state index in [1.807, 2.05) is 13.8 Å². The summed E-state index contributed by atoms with van der Waals surface area (Å²) in [7, 11) is 0. The maximum Gasteiger partial charge on any atom is 0.336 e. The number of carboxylic acid groups (broad SMARTS) is 1. The molecule has 0 spiro atoms. The van der Waals surface area contributed by atoms with E-state index >= 15 is 0 Å². The maximum absolute atomic E-state index is 12.1. The van der Waals surface area contributed by atoms with Crippen LogP contribution in [0.1, 0.15) is 29.8 Å². The van der Waals surface area contributed by atoms with Crippen molar-refractivity contribution in [2.24, 2.45) is 0 Å². The number of benzene rings is 1. The molecule has 6 heteroatoms. The van der Waals surface area contributed by atoms with Crippen LogP contribution >= 0.6 is 0 Å². The molecule has 0 saturated carbocycles. The van der Waals surface area contributed by atoms with Crippen molar-refractivity contribution >= 4 is 17.7 Å². The first-order chi connectivity index (χ1) is 9.99. The van der Waals surface area contributed by atoms with E-state index in [1.54, 1.807) is 24.0 Å². The number of urea groups is 1. The Bertz CT molecular complexity index is 502. The van der Waals surface area contributed by atoms with E-state index in [-0.39, 0.29) is 11.6 Å². The van der Waals surface area contributed by atoms with Crippen LogP contribution in [0, 0.1) is 6.92 Å². The van der Waals surface area contributed by atoms with Gasteiger partial charge in [-0.15, -0.1) is 0 Å². The number of ether oxygens (including phenoxy) is 1.